The summed E-state index contributed by atoms with van der Waals surface area (Å²) in [5, 5.41) is 4.16. The van der Waals surface area contributed by atoms with Crippen LogP contribution < -0.4 is 10.1 Å². The van der Waals surface area contributed by atoms with E-state index in [1.807, 2.05) is 35.6 Å². The van der Waals surface area contributed by atoms with Crippen LogP contribution in [0.5, 0.6) is 5.75 Å². The number of rotatable bonds is 7. The largest absolute Gasteiger partial charge is 0.489 e. The molecule has 0 aliphatic carbocycles. The Kier molecular flexibility index (Phi) is 5.89. The molecule has 1 aromatic carbocycles. The smallest absolute Gasteiger partial charge is 0.119 e. The number of nitrogens with one attached hydrogen (secondary N) is 1. The molecule has 1 heterocycles. The Balaban J connectivity index is 1.90. The van der Waals surface area contributed by atoms with Gasteiger partial charge in [-0.1, -0.05) is 18.5 Å². The summed E-state index contributed by atoms with van der Waals surface area (Å²) in [6.45, 7) is 6.94. The minimum atomic E-state index is 0.609. The average Bonchev–Trinajstić information content (AvgIpc) is 2.79. The van der Waals surface area contributed by atoms with Crippen molar-refractivity contribution in [1.82, 2.24) is 5.32 Å². The predicted molar refractivity (Wildman–Crippen MR) is 86.8 cm³/mol. The summed E-state index contributed by atoms with van der Waals surface area (Å²) >= 11 is 7.70. The van der Waals surface area contributed by atoms with E-state index in [0.717, 1.165) is 30.3 Å². The van der Waals surface area contributed by atoms with Gasteiger partial charge in [0, 0.05) is 26.9 Å². The molecule has 0 spiro atoms. The van der Waals surface area contributed by atoms with Crippen molar-refractivity contribution in [3.8, 4) is 5.75 Å². The molecular formula is C16H20ClNOS. The molecule has 0 aliphatic heterocycles. The molecule has 0 bridgehead atoms. The zero-order valence-electron chi connectivity index (χ0n) is 11.9. The first-order valence-electron chi connectivity index (χ1n) is 6.86. The van der Waals surface area contributed by atoms with E-state index in [1.54, 1.807) is 0 Å². The first-order chi connectivity index (χ1) is 9.69. The summed E-state index contributed by atoms with van der Waals surface area (Å²) in [6.07, 6.45) is 1.16. The Morgan fingerprint density at radius 2 is 2.00 bits per heavy atom. The molecule has 0 amide bonds. The Hall–Kier alpha value is -1.03. The van der Waals surface area contributed by atoms with Gasteiger partial charge in [-0.3, -0.25) is 0 Å². The number of thiophene rings is 1. The maximum absolute atomic E-state index is 5.86. The maximum atomic E-state index is 5.86. The van der Waals surface area contributed by atoms with Crippen LogP contribution >= 0.6 is 22.9 Å². The number of ether oxygens (including phenoxy) is 1. The third-order valence-corrected chi connectivity index (χ3v) is 4.35. The Morgan fingerprint density at radius 3 is 2.70 bits per heavy atom. The fourth-order valence-corrected chi connectivity index (χ4v) is 3.04. The zero-order valence-corrected chi connectivity index (χ0v) is 13.5. The first kappa shape index (κ1) is 15.4. The standard InChI is InChI=1S/C16H20ClNOS/c1-3-8-18-10-16-9-13(12(2)20-16)11-19-15-6-4-14(17)5-7-15/h4-7,9,18H,3,8,10-11H2,1-2H3. The summed E-state index contributed by atoms with van der Waals surface area (Å²) in [7, 11) is 0. The molecule has 2 rings (SSSR count). The minimum Gasteiger partial charge on any atom is -0.489 e. The van der Waals surface area contributed by atoms with Gasteiger partial charge < -0.3 is 10.1 Å². The second kappa shape index (κ2) is 7.67. The normalized spacial score (nSPS) is 10.8. The lowest BCUT2D eigenvalue weighted by Gasteiger charge is -2.05. The van der Waals surface area contributed by atoms with Crippen LogP contribution in [0.3, 0.4) is 0 Å². The summed E-state index contributed by atoms with van der Waals surface area (Å²) in [5.74, 6) is 0.852. The molecule has 0 fully saturated rings. The molecule has 0 atom stereocenters. The Bertz CT molecular complexity index is 536. The van der Waals surface area contributed by atoms with Gasteiger partial charge in [-0.2, -0.15) is 0 Å². The molecule has 2 aromatic rings. The van der Waals surface area contributed by atoms with E-state index in [-0.39, 0.29) is 0 Å². The van der Waals surface area contributed by atoms with Gasteiger partial charge in [0.05, 0.1) is 0 Å². The third kappa shape index (κ3) is 4.51. The van der Waals surface area contributed by atoms with Crippen molar-refractivity contribution in [1.29, 1.82) is 0 Å². The number of benzene rings is 1. The number of aryl methyl sites for hydroxylation is 1. The SMILES string of the molecule is CCCNCc1cc(COc2ccc(Cl)cc2)c(C)s1. The highest BCUT2D eigenvalue weighted by Gasteiger charge is 2.06. The topological polar surface area (TPSA) is 21.3 Å². The van der Waals surface area contributed by atoms with Gasteiger partial charge in [-0.15, -0.1) is 11.3 Å². The van der Waals surface area contributed by atoms with E-state index in [4.69, 9.17) is 16.3 Å². The summed E-state index contributed by atoms with van der Waals surface area (Å²) in [4.78, 5) is 2.69. The molecule has 1 N–H and O–H groups in total. The van der Waals surface area contributed by atoms with Crippen LogP contribution in [0.15, 0.2) is 30.3 Å². The molecule has 108 valence electrons. The van der Waals surface area contributed by atoms with Crippen molar-refractivity contribution in [2.45, 2.75) is 33.4 Å². The summed E-state index contributed by atoms with van der Waals surface area (Å²) < 4.78 is 5.79. The van der Waals surface area contributed by atoms with Crippen LogP contribution in [0.1, 0.15) is 28.7 Å². The molecule has 0 saturated heterocycles. The molecule has 1 aromatic heterocycles. The van der Waals surface area contributed by atoms with Crippen LogP contribution in [-0.2, 0) is 13.2 Å². The van der Waals surface area contributed by atoms with Gasteiger partial charge in [-0.05, 0) is 50.2 Å². The molecular weight excluding hydrogens is 290 g/mol. The predicted octanol–water partition coefficient (Wildman–Crippen LogP) is 4.79. The highest BCUT2D eigenvalue weighted by Crippen LogP contribution is 2.24. The van der Waals surface area contributed by atoms with Gasteiger partial charge in [0.1, 0.15) is 12.4 Å². The molecule has 20 heavy (non-hydrogen) atoms. The molecule has 2 nitrogen and oxygen atoms in total. The van der Waals surface area contributed by atoms with Crippen molar-refractivity contribution < 1.29 is 4.74 Å². The molecule has 0 aliphatic rings. The van der Waals surface area contributed by atoms with Gasteiger partial charge in [0.15, 0.2) is 0 Å². The van der Waals surface area contributed by atoms with Crippen LogP contribution in [0.2, 0.25) is 5.02 Å². The van der Waals surface area contributed by atoms with Crippen LogP contribution in [-0.4, -0.2) is 6.54 Å². The molecule has 0 radical (unpaired) electrons. The van der Waals surface area contributed by atoms with Crippen molar-refractivity contribution >= 4 is 22.9 Å². The lowest BCUT2D eigenvalue weighted by atomic mass is 10.2. The van der Waals surface area contributed by atoms with Gasteiger partial charge in [0.25, 0.3) is 0 Å². The third-order valence-electron chi connectivity index (χ3n) is 3.01. The number of halogens is 1. The lowest BCUT2D eigenvalue weighted by molar-refractivity contribution is 0.306. The maximum Gasteiger partial charge on any atom is 0.119 e. The van der Waals surface area contributed by atoms with E-state index >= 15 is 0 Å². The summed E-state index contributed by atoms with van der Waals surface area (Å²) in [5.41, 5.74) is 1.26. The van der Waals surface area contributed by atoms with Crippen molar-refractivity contribution in [3.05, 3.63) is 50.7 Å². The zero-order chi connectivity index (χ0) is 14.4. The fraction of sp³-hybridized carbons (Fsp3) is 0.375. The molecule has 0 saturated carbocycles. The van der Waals surface area contributed by atoms with E-state index in [0.29, 0.717) is 6.61 Å². The quantitative estimate of drug-likeness (QED) is 0.743. The van der Waals surface area contributed by atoms with E-state index < -0.39 is 0 Å². The Morgan fingerprint density at radius 1 is 1.25 bits per heavy atom. The van der Waals surface area contributed by atoms with Crippen molar-refractivity contribution in [2.24, 2.45) is 0 Å². The highest BCUT2D eigenvalue weighted by molar-refractivity contribution is 7.12. The van der Waals surface area contributed by atoms with Crippen molar-refractivity contribution in [3.63, 3.8) is 0 Å². The van der Waals surface area contributed by atoms with Crippen molar-refractivity contribution in [2.75, 3.05) is 6.54 Å². The summed E-state index contributed by atoms with van der Waals surface area (Å²) in [6, 6.07) is 9.72. The highest BCUT2D eigenvalue weighted by atomic mass is 35.5. The van der Waals surface area contributed by atoms with Crippen LogP contribution in [0.25, 0.3) is 0 Å². The number of hydrogen-bond acceptors (Lipinski definition) is 3. The second-order valence-electron chi connectivity index (χ2n) is 4.71. The van der Waals surface area contributed by atoms with Crippen LogP contribution in [0.4, 0.5) is 0 Å². The number of hydrogen-bond donors (Lipinski definition) is 1. The van der Waals surface area contributed by atoms with E-state index in [1.165, 1.54) is 15.3 Å². The van der Waals surface area contributed by atoms with Crippen LogP contribution in [0, 0.1) is 6.92 Å². The monoisotopic (exact) mass is 309 g/mol. The second-order valence-corrected chi connectivity index (χ2v) is 6.49. The Labute approximate surface area is 129 Å². The van der Waals surface area contributed by atoms with E-state index in [2.05, 4.69) is 25.2 Å². The average molecular weight is 310 g/mol. The van der Waals surface area contributed by atoms with E-state index in [9.17, 15) is 0 Å². The van der Waals surface area contributed by atoms with Gasteiger partial charge in [0.2, 0.25) is 0 Å². The minimum absolute atomic E-state index is 0.609. The fourth-order valence-electron chi connectivity index (χ4n) is 1.90. The molecule has 4 heteroatoms. The van der Waals surface area contributed by atoms with Gasteiger partial charge in [-0.25, -0.2) is 0 Å². The lowest BCUT2D eigenvalue weighted by Crippen LogP contribution is -2.12. The van der Waals surface area contributed by atoms with Gasteiger partial charge >= 0.3 is 0 Å². The molecule has 0 unspecified atom stereocenters. The first-order valence-corrected chi connectivity index (χ1v) is 8.05.